The number of benzene rings is 2. The average Bonchev–Trinajstić information content (AvgIpc) is 2.39. The van der Waals surface area contributed by atoms with Crippen LogP contribution in [0.15, 0.2) is 42.5 Å². The van der Waals surface area contributed by atoms with Crippen LogP contribution in [0, 0.1) is 15.2 Å². The van der Waals surface area contributed by atoms with Crippen LogP contribution >= 0.6 is 22.6 Å². The highest BCUT2D eigenvalue weighted by atomic mass is 127. The van der Waals surface area contributed by atoms with Gasteiger partial charge in [-0.1, -0.05) is 6.07 Å². The van der Waals surface area contributed by atoms with Crippen LogP contribution in [0.3, 0.4) is 0 Å². The van der Waals surface area contributed by atoms with Crippen LogP contribution < -0.4 is 5.32 Å². The number of aliphatic hydroxyl groups excluding tert-OH is 1. The average molecular weight is 375 g/mol. The highest BCUT2D eigenvalue weighted by Crippen LogP contribution is 2.20. The molecule has 2 rings (SSSR count). The second-order valence-corrected chi connectivity index (χ2v) is 5.32. The Hall–Kier alpha value is -1.21. The lowest BCUT2D eigenvalue weighted by atomic mass is 10.1. The van der Waals surface area contributed by atoms with Crippen molar-refractivity contribution in [3.63, 3.8) is 0 Å². The maximum absolute atomic E-state index is 13.5. The van der Waals surface area contributed by atoms with Crippen LogP contribution in [0.5, 0.6) is 0 Å². The summed E-state index contributed by atoms with van der Waals surface area (Å²) < 4.78 is 27.5. The van der Waals surface area contributed by atoms with Crippen molar-refractivity contribution in [1.82, 2.24) is 0 Å². The molecular weight excluding hydrogens is 363 g/mol. The van der Waals surface area contributed by atoms with E-state index in [9.17, 15) is 13.9 Å². The van der Waals surface area contributed by atoms with Crippen LogP contribution in [-0.4, -0.2) is 11.7 Å². The molecule has 0 aliphatic carbocycles. The molecule has 0 saturated heterocycles. The van der Waals surface area contributed by atoms with Crippen LogP contribution in [0.1, 0.15) is 11.7 Å². The van der Waals surface area contributed by atoms with E-state index in [0.717, 1.165) is 27.5 Å². The Kier molecular flexibility index (Phi) is 4.71. The third-order valence-electron chi connectivity index (χ3n) is 2.64. The van der Waals surface area contributed by atoms with E-state index in [4.69, 9.17) is 0 Å². The van der Waals surface area contributed by atoms with Gasteiger partial charge in [0.05, 0.1) is 6.10 Å². The lowest BCUT2D eigenvalue weighted by Crippen LogP contribution is -2.13. The Labute approximate surface area is 123 Å². The first kappa shape index (κ1) is 14.2. The zero-order valence-corrected chi connectivity index (χ0v) is 12.1. The Bertz CT molecular complexity index is 577. The highest BCUT2D eigenvalue weighted by molar-refractivity contribution is 14.1. The van der Waals surface area contributed by atoms with Gasteiger partial charge in [-0.15, -0.1) is 0 Å². The zero-order valence-electron chi connectivity index (χ0n) is 9.91. The molecular formula is C14H12F2INO. The van der Waals surface area contributed by atoms with Crippen molar-refractivity contribution in [1.29, 1.82) is 0 Å². The van der Waals surface area contributed by atoms with E-state index in [1.807, 2.05) is 24.3 Å². The third kappa shape index (κ3) is 3.87. The molecule has 0 radical (unpaired) electrons. The molecule has 0 heterocycles. The first-order valence-electron chi connectivity index (χ1n) is 5.69. The molecule has 0 bridgehead atoms. The molecule has 19 heavy (non-hydrogen) atoms. The molecule has 2 aromatic carbocycles. The maximum atomic E-state index is 13.5. The van der Waals surface area contributed by atoms with E-state index >= 15 is 0 Å². The third-order valence-corrected chi connectivity index (χ3v) is 3.31. The number of nitrogens with one attached hydrogen (secondary N) is 1. The molecule has 0 aromatic heterocycles. The summed E-state index contributed by atoms with van der Waals surface area (Å²) in [5, 5.41) is 12.9. The van der Waals surface area contributed by atoms with Crippen LogP contribution in [0.2, 0.25) is 0 Å². The molecule has 0 fully saturated rings. The largest absolute Gasteiger partial charge is 0.386 e. The quantitative estimate of drug-likeness (QED) is 0.799. The van der Waals surface area contributed by atoms with E-state index in [1.165, 1.54) is 0 Å². The minimum absolute atomic E-state index is 0.0434. The van der Waals surface area contributed by atoms with Gasteiger partial charge in [0, 0.05) is 21.4 Å². The number of anilines is 1. The molecule has 0 amide bonds. The van der Waals surface area contributed by atoms with Crippen molar-refractivity contribution < 1.29 is 13.9 Å². The van der Waals surface area contributed by atoms with Crippen molar-refractivity contribution in [2.24, 2.45) is 0 Å². The fraction of sp³-hybridized carbons (Fsp3) is 0.143. The predicted octanol–water partition coefficient (Wildman–Crippen LogP) is 3.71. The normalized spacial score (nSPS) is 12.2. The number of hydrogen-bond donors (Lipinski definition) is 2. The van der Waals surface area contributed by atoms with Crippen molar-refractivity contribution in [2.75, 3.05) is 11.9 Å². The second kappa shape index (κ2) is 6.29. The Morgan fingerprint density at radius 2 is 1.95 bits per heavy atom. The molecule has 2 aromatic rings. The molecule has 1 atom stereocenters. The fourth-order valence-electron chi connectivity index (χ4n) is 1.69. The first-order valence-corrected chi connectivity index (χ1v) is 6.76. The Balaban J connectivity index is 2.05. The zero-order chi connectivity index (χ0) is 13.8. The predicted molar refractivity (Wildman–Crippen MR) is 79.0 cm³/mol. The summed E-state index contributed by atoms with van der Waals surface area (Å²) in [6, 6.07) is 10.6. The van der Waals surface area contributed by atoms with Gasteiger partial charge in [0.1, 0.15) is 11.6 Å². The maximum Gasteiger partial charge on any atom is 0.129 e. The van der Waals surface area contributed by atoms with Crippen LogP contribution in [-0.2, 0) is 0 Å². The Morgan fingerprint density at radius 3 is 2.68 bits per heavy atom. The summed E-state index contributed by atoms with van der Waals surface area (Å²) in [7, 11) is 0. The Morgan fingerprint density at radius 1 is 1.16 bits per heavy atom. The van der Waals surface area contributed by atoms with Crippen molar-refractivity contribution in [3.05, 3.63) is 63.2 Å². The van der Waals surface area contributed by atoms with Gasteiger partial charge in [-0.2, -0.15) is 0 Å². The summed E-state index contributed by atoms with van der Waals surface area (Å²) in [6.45, 7) is 0.112. The van der Waals surface area contributed by atoms with E-state index < -0.39 is 17.7 Å². The summed E-state index contributed by atoms with van der Waals surface area (Å²) in [5.41, 5.74) is 0.779. The van der Waals surface area contributed by atoms with E-state index in [-0.39, 0.29) is 12.1 Å². The lowest BCUT2D eigenvalue weighted by molar-refractivity contribution is 0.186. The fourth-order valence-corrected chi connectivity index (χ4v) is 2.24. The summed E-state index contributed by atoms with van der Waals surface area (Å²) >= 11 is 2.17. The molecule has 2 N–H and O–H groups in total. The molecule has 0 saturated carbocycles. The SMILES string of the molecule is OC(CNc1cccc(I)c1)c1cc(F)ccc1F. The van der Waals surface area contributed by atoms with Gasteiger partial charge in [0.2, 0.25) is 0 Å². The molecule has 0 spiro atoms. The molecule has 1 unspecified atom stereocenters. The molecule has 0 aliphatic rings. The summed E-state index contributed by atoms with van der Waals surface area (Å²) in [6.07, 6.45) is -1.10. The van der Waals surface area contributed by atoms with Crippen LogP contribution in [0.25, 0.3) is 0 Å². The topological polar surface area (TPSA) is 32.3 Å². The number of aliphatic hydroxyl groups is 1. The smallest absolute Gasteiger partial charge is 0.129 e. The van der Waals surface area contributed by atoms with Gasteiger partial charge < -0.3 is 10.4 Å². The van der Waals surface area contributed by atoms with Gasteiger partial charge in [0.15, 0.2) is 0 Å². The first-order chi connectivity index (χ1) is 9.06. The summed E-state index contributed by atoms with van der Waals surface area (Å²) in [4.78, 5) is 0. The van der Waals surface area contributed by atoms with Crippen LogP contribution in [0.4, 0.5) is 14.5 Å². The van der Waals surface area contributed by atoms with Gasteiger partial charge in [-0.3, -0.25) is 0 Å². The van der Waals surface area contributed by atoms with E-state index in [1.54, 1.807) is 0 Å². The van der Waals surface area contributed by atoms with Gasteiger partial charge in [-0.25, -0.2) is 8.78 Å². The standard InChI is InChI=1S/C14H12F2INO/c15-9-4-5-13(16)12(6-9)14(19)8-18-11-3-1-2-10(17)7-11/h1-7,14,18-19H,8H2. The second-order valence-electron chi connectivity index (χ2n) is 4.07. The number of rotatable bonds is 4. The van der Waals surface area contributed by atoms with Crippen molar-refractivity contribution in [3.8, 4) is 0 Å². The number of halogens is 3. The van der Waals surface area contributed by atoms with E-state index in [0.29, 0.717) is 0 Å². The minimum Gasteiger partial charge on any atom is -0.386 e. The summed E-state index contributed by atoms with van der Waals surface area (Å²) in [5.74, 6) is -1.18. The minimum atomic E-state index is -1.10. The molecule has 0 aliphatic heterocycles. The monoisotopic (exact) mass is 375 g/mol. The van der Waals surface area contributed by atoms with Gasteiger partial charge in [-0.05, 0) is 59.0 Å². The van der Waals surface area contributed by atoms with Crippen molar-refractivity contribution in [2.45, 2.75) is 6.10 Å². The van der Waals surface area contributed by atoms with Gasteiger partial charge in [0.25, 0.3) is 0 Å². The highest BCUT2D eigenvalue weighted by Gasteiger charge is 2.13. The lowest BCUT2D eigenvalue weighted by Gasteiger charge is -2.14. The van der Waals surface area contributed by atoms with Crippen molar-refractivity contribution >= 4 is 28.3 Å². The van der Waals surface area contributed by atoms with E-state index in [2.05, 4.69) is 27.9 Å². The molecule has 5 heteroatoms. The number of hydrogen-bond acceptors (Lipinski definition) is 2. The van der Waals surface area contributed by atoms with Gasteiger partial charge >= 0.3 is 0 Å². The molecule has 2 nitrogen and oxygen atoms in total. The molecule has 100 valence electrons.